The van der Waals surface area contributed by atoms with Gasteiger partial charge in [0.15, 0.2) is 0 Å². The van der Waals surface area contributed by atoms with E-state index in [9.17, 15) is 8.42 Å². The summed E-state index contributed by atoms with van der Waals surface area (Å²) in [6.07, 6.45) is 7.19. The Morgan fingerprint density at radius 3 is 2.45 bits per heavy atom. The van der Waals surface area contributed by atoms with E-state index < -0.39 is 10.0 Å². The van der Waals surface area contributed by atoms with Crippen molar-refractivity contribution in [2.45, 2.75) is 18.9 Å². The SMILES string of the molecule is COc1ccc(/C=C/CN2CCC(NS(C)(=O)=O)CC2)cc1. The molecule has 22 heavy (non-hydrogen) atoms. The van der Waals surface area contributed by atoms with Crippen molar-refractivity contribution in [2.75, 3.05) is 33.0 Å². The number of nitrogens with one attached hydrogen (secondary N) is 1. The molecule has 0 amide bonds. The fourth-order valence-corrected chi connectivity index (χ4v) is 3.43. The molecule has 0 aliphatic carbocycles. The van der Waals surface area contributed by atoms with Crippen LogP contribution in [0.2, 0.25) is 0 Å². The molecule has 1 aliphatic heterocycles. The van der Waals surface area contributed by atoms with Crippen LogP contribution >= 0.6 is 0 Å². The first-order valence-electron chi connectivity index (χ1n) is 7.46. The Bertz CT molecular complexity index is 588. The number of benzene rings is 1. The standard InChI is InChI=1S/C16H24N2O3S/c1-21-16-7-5-14(6-8-16)4-3-11-18-12-9-15(10-13-18)17-22(2,19)20/h3-8,15,17H,9-13H2,1-2H3/b4-3+. The monoisotopic (exact) mass is 324 g/mol. The van der Waals surface area contributed by atoms with Crippen LogP contribution in [-0.2, 0) is 10.0 Å². The van der Waals surface area contributed by atoms with Crippen LogP contribution in [0, 0.1) is 0 Å². The summed E-state index contributed by atoms with van der Waals surface area (Å²) in [6.45, 7) is 2.72. The fourth-order valence-electron chi connectivity index (χ4n) is 2.59. The highest BCUT2D eigenvalue weighted by molar-refractivity contribution is 7.88. The lowest BCUT2D eigenvalue weighted by Crippen LogP contribution is -2.44. The van der Waals surface area contributed by atoms with E-state index in [0.717, 1.165) is 43.8 Å². The lowest BCUT2D eigenvalue weighted by Gasteiger charge is -2.31. The average Bonchev–Trinajstić information content (AvgIpc) is 2.48. The predicted octanol–water partition coefficient (Wildman–Crippen LogP) is 1.72. The number of hydrogen-bond acceptors (Lipinski definition) is 4. The van der Waals surface area contributed by atoms with E-state index in [1.807, 2.05) is 24.3 Å². The van der Waals surface area contributed by atoms with E-state index in [0.29, 0.717) is 0 Å². The molecular weight excluding hydrogens is 300 g/mol. The van der Waals surface area contributed by atoms with E-state index >= 15 is 0 Å². The van der Waals surface area contributed by atoms with Gasteiger partial charge in [0.1, 0.15) is 5.75 Å². The molecule has 6 heteroatoms. The largest absolute Gasteiger partial charge is 0.497 e. The van der Waals surface area contributed by atoms with Gasteiger partial charge in [-0.25, -0.2) is 13.1 Å². The Balaban J connectivity index is 1.75. The highest BCUT2D eigenvalue weighted by atomic mass is 32.2. The Kier molecular flexibility index (Phi) is 5.99. The van der Waals surface area contributed by atoms with Gasteiger partial charge in [0, 0.05) is 12.6 Å². The third-order valence-corrected chi connectivity index (χ3v) is 4.52. The second-order valence-corrected chi connectivity index (χ2v) is 7.42. The van der Waals surface area contributed by atoms with Gasteiger partial charge in [-0.3, -0.25) is 4.90 Å². The first kappa shape index (κ1) is 17.0. The van der Waals surface area contributed by atoms with E-state index in [1.54, 1.807) is 7.11 Å². The van der Waals surface area contributed by atoms with Crippen LogP contribution in [0.15, 0.2) is 30.3 Å². The minimum absolute atomic E-state index is 0.0804. The van der Waals surface area contributed by atoms with Crippen molar-refractivity contribution in [3.63, 3.8) is 0 Å². The van der Waals surface area contributed by atoms with Gasteiger partial charge >= 0.3 is 0 Å². The smallest absolute Gasteiger partial charge is 0.208 e. The van der Waals surface area contributed by atoms with Crippen LogP contribution in [0.5, 0.6) is 5.75 Å². The van der Waals surface area contributed by atoms with Gasteiger partial charge in [0.05, 0.1) is 13.4 Å². The summed E-state index contributed by atoms with van der Waals surface area (Å²) < 4.78 is 30.2. The Morgan fingerprint density at radius 1 is 1.27 bits per heavy atom. The molecule has 0 unspecified atom stereocenters. The highest BCUT2D eigenvalue weighted by Gasteiger charge is 2.20. The molecule has 1 aromatic carbocycles. The van der Waals surface area contributed by atoms with Crippen LogP contribution in [-0.4, -0.2) is 52.4 Å². The fraction of sp³-hybridized carbons (Fsp3) is 0.500. The summed E-state index contributed by atoms with van der Waals surface area (Å²) in [5.41, 5.74) is 1.15. The zero-order valence-corrected chi connectivity index (χ0v) is 14.0. The molecule has 0 radical (unpaired) electrons. The number of rotatable bonds is 6. The Morgan fingerprint density at radius 2 is 1.91 bits per heavy atom. The molecule has 1 aliphatic rings. The number of methoxy groups -OCH3 is 1. The maximum Gasteiger partial charge on any atom is 0.208 e. The van der Waals surface area contributed by atoms with E-state index in [-0.39, 0.29) is 6.04 Å². The van der Waals surface area contributed by atoms with Crippen LogP contribution in [0.4, 0.5) is 0 Å². The third-order valence-electron chi connectivity index (χ3n) is 3.76. The number of sulfonamides is 1. The molecule has 0 spiro atoms. The molecule has 2 rings (SSSR count). The zero-order valence-electron chi connectivity index (χ0n) is 13.2. The van der Waals surface area contributed by atoms with Crippen molar-refractivity contribution in [1.82, 2.24) is 9.62 Å². The first-order valence-corrected chi connectivity index (χ1v) is 9.35. The normalized spacial score (nSPS) is 17.9. The molecule has 122 valence electrons. The van der Waals surface area contributed by atoms with Gasteiger partial charge in [0.25, 0.3) is 0 Å². The van der Waals surface area contributed by atoms with Crippen molar-refractivity contribution in [1.29, 1.82) is 0 Å². The van der Waals surface area contributed by atoms with Crippen molar-refractivity contribution in [2.24, 2.45) is 0 Å². The number of likely N-dealkylation sites (tertiary alicyclic amines) is 1. The van der Waals surface area contributed by atoms with E-state index in [1.165, 1.54) is 6.26 Å². The maximum atomic E-state index is 11.2. The van der Waals surface area contributed by atoms with Gasteiger partial charge < -0.3 is 4.74 Å². The molecule has 5 nitrogen and oxygen atoms in total. The summed E-state index contributed by atoms with van der Waals surface area (Å²) in [4.78, 5) is 2.33. The van der Waals surface area contributed by atoms with Gasteiger partial charge in [0.2, 0.25) is 10.0 Å². The second kappa shape index (κ2) is 7.76. The Labute approximate surface area is 133 Å². The molecule has 1 fully saturated rings. The number of ether oxygens (including phenoxy) is 1. The quantitative estimate of drug-likeness (QED) is 0.866. The molecule has 1 saturated heterocycles. The molecular formula is C16H24N2O3S. The summed E-state index contributed by atoms with van der Waals surface area (Å²) in [7, 11) is -1.43. The Hall–Kier alpha value is -1.37. The predicted molar refractivity (Wildman–Crippen MR) is 89.5 cm³/mol. The van der Waals surface area contributed by atoms with Crippen molar-refractivity contribution in [3.8, 4) is 5.75 Å². The van der Waals surface area contributed by atoms with Gasteiger partial charge in [-0.15, -0.1) is 0 Å². The first-order chi connectivity index (χ1) is 10.5. The summed E-state index contributed by atoms with van der Waals surface area (Å²) in [6, 6.07) is 8.02. The van der Waals surface area contributed by atoms with Crippen LogP contribution in [0.1, 0.15) is 18.4 Å². The summed E-state index contributed by atoms with van der Waals surface area (Å²) >= 11 is 0. The van der Waals surface area contributed by atoms with E-state index in [4.69, 9.17) is 4.74 Å². The molecule has 1 N–H and O–H groups in total. The van der Waals surface area contributed by atoms with Crippen molar-refractivity contribution < 1.29 is 13.2 Å². The molecule has 1 aromatic rings. The molecule has 0 atom stereocenters. The van der Waals surface area contributed by atoms with Gasteiger partial charge in [-0.1, -0.05) is 24.3 Å². The minimum atomic E-state index is -3.09. The number of nitrogens with zero attached hydrogens (tertiary/aromatic N) is 1. The van der Waals surface area contributed by atoms with Crippen LogP contribution in [0.25, 0.3) is 6.08 Å². The molecule has 0 aromatic heterocycles. The minimum Gasteiger partial charge on any atom is -0.497 e. The zero-order chi connectivity index (χ0) is 16.0. The van der Waals surface area contributed by atoms with Crippen LogP contribution in [0.3, 0.4) is 0 Å². The van der Waals surface area contributed by atoms with Crippen molar-refractivity contribution >= 4 is 16.1 Å². The molecule has 1 heterocycles. The summed E-state index contributed by atoms with van der Waals surface area (Å²) in [5, 5.41) is 0. The number of hydrogen-bond donors (Lipinski definition) is 1. The van der Waals surface area contributed by atoms with Gasteiger partial charge in [-0.05, 0) is 43.6 Å². The number of piperidine rings is 1. The third kappa shape index (κ3) is 5.79. The molecule has 0 saturated carbocycles. The summed E-state index contributed by atoms with van der Waals surface area (Å²) in [5.74, 6) is 0.859. The van der Waals surface area contributed by atoms with Crippen LogP contribution < -0.4 is 9.46 Å². The lowest BCUT2D eigenvalue weighted by atomic mass is 10.1. The van der Waals surface area contributed by atoms with E-state index in [2.05, 4.69) is 21.8 Å². The maximum absolute atomic E-state index is 11.2. The average molecular weight is 324 g/mol. The van der Waals surface area contributed by atoms with Gasteiger partial charge in [-0.2, -0.15) is 0 Å². The lowest BCUT2D eigenvalue weighted by molar-refractivity contribution is 0.227. The molecule has 0 bridgehead atoms. The second-order valence-electron chi connectivity index (χ2n) is 5.64. The topological polar surface area (TPSA) is 58.6 Å². The van der Waals surface area contributed by atoms with Crippen molar-refractivity contribution in [3.05, 3.63) is 35.9 Å². The highest BCUT2D eigenvalue weighted by Crippen LogP contribution is 2.13.